The van der Waals surface area contributed by atoms with Crippen molar-refractivity contribution in [2.75, 3.05) is 14.1 Å². The van der Waals surface area contributed by atoms with Crippen LogP contribution in [0.25, 0.3) is 0 Å². The van der Waals surface area contributed by atoms with Crippen molar-refractivity contribution >= 4 is 16.8 Å². The highest BCUT2D eigenvalue weighted by Gasteiger charge is 2.29. The van der Waals surface area contributed by atoms with Gasteiger partial charge in [0.2, 0.25) is 0 Å². The van der Waals surface area contributed by atoms with Crippen LogP contribution in [0.1, 0.15) is 71.9 Å². The molecule has 0 spiro atoms. The number of amides is 1. The van der Waals surface area contributed by atoms with E-state index in [1.807, 2.05) is 39.2 Å². The van der Waals surface area contributed by atoms with Crippen LogP contribution in [0.15, 0.2) is 39.6 Å². The first kappa shape index (κ1) is 23.3. The van der Waals surface area contributed by atoms with E-state index in [-0.39, 0.29) is 18.2 Å². The van der Waals surface area contributed by atoms with Gasteiger partial charge < -0.3 is 4.90 Å². The number of nitrogens with two attached hydrogens (primary N) is 1. The summed E-state index contributed by atoms with van der Waals surface area (Å²) in [5.41, 5.74) is 6.20. The average Bonchev–Trinajstić information content (AvgIpc) is 3.52. The summed E-state index contributed by atoms with van der Waals surface area (Å²) in [5.74, 6) is 0.489. The maximum Gasteiger partial charge on any atom is 0.257 e. The molecule has 1 saturated carbocycles. The number of hydrogen-bond donors (Lipinski definition) is 1. The van der Waals surface area contributed by atoms with Crippen molar-refractivity contribution in [3.05, 3.63) is 63.7 Å². The Bertz CT molecular complexity index is 1040. The lowest BCUT2D eigenvalue weighted by Crippen LogP contribution is -2.13. The van der Waals surface area contributed by atoms with Crippen LogP contribution in [-0.2, 0) is 28.6 Å². The molecule has 1 atom stereocenters. The maximum atomic E-state index is 12.9. The summed E-state index contributed by atoms with van der Waals surface area (Å²) >= 11 is 0. The molecule has 1 aliphatic rings. The first-order valence-electron chi connectivity index (χ1n) is 10.7. The van der Waals surface area contributed by atoms with E-state index in [1.54, 1.807) is 0 Å². The molecule has 2 N–H and O–H groups in total. The maximum absolute atomic E-state index is 12.9. The molecule has 0 aromatic heterocycles. The highest BCUT2D eigenvalue weighted by molar-refractivity contribution is 7.85. The average molecular weight is 437 g/mol. The van der Waals surface area contributed by atoms with Crippen molar-refractivity contribution in [1.82, 2.24) is 4.90 Å². The molecule has 1 amide bonds. The van der Waals surface area contributed by atoms with Gasteiger partial charge in [-0.2, -0.15) is 9.62 Å². The fraction of sp³-hybridized carbons (Fsp3) is 0.440. The van der Waals surface area contributed by atoms with E-state index >= 15 is 0 Å². The van der Waals surface area contributed by atoms with E-state index in [1.165, 1.54) is 5.56 Å². The monoisotopic (exact) mass is 436 g/mol. The van der Waals surface area contributed by atoms with Gasteiger partial charge in [-0.1, -0.05) is 26.0 Å². The Morgan fingerprint density at radius 1 is 1.29 bits per heavy atom. The van der Waals surface area contributed by atoms with Crippen LogP contribution in [0, 0.1) is 18.3 Å². The number of nitrogens with zero attached hydrogens (tertiary/aromatic N) is 3. The molecule has 1 fully saturated rings. The molecular weight excluding hydrogens is 404 g/mol. The van der Waals surface area contributed by atoms with Crippen molar-refractivity contribution in [2.24, 2.45) is 9.50 Å². The first-order chi connectivity index (χ1) is 14.7. The van der Waals surface area contributed by atoms with Crippen molar-refractivity contribution in [3.63, 3.8) is 0 Å². The zero-order chi connectivity index (χ0) is 22.7. The van der Waals surface area contributed by atoms with Crippen LogP contribution >= 0.6 is 0 Å². The largest absolute Gasteiger partial charge is 0.305 e. The minimum absolute atomic E-state index is 0.198. The number of hydrogen-bond acceptors (Lipinski definition) is 3. The van der Waals surface area contributed by atoms with Gasteiger partial charge in [0.25, 0.3) is 5.91 Å². The minimum Gasteiger partial charge on any atom is -0.305 e. The third-order valence-electron chi connectivity index (χ3n) is 5.58. The quantitative estimate of drug-likeness (QED) is 0.680. The van der Waals surface area contributed by atoms with Gasteiger partial charge in [0.1, 0.15) is 0 Å². The summed E-state index contributed by atoms with van der Waals surface area (Å²) in [7, 11) is 3.09. The van der Waals surface area contributed by atoms with Crippen molar-refractivity contribution in [3.8, 4) is 6.07 Å². The standard InChI is InChI=1S/C25H32N4OS/c1-16(2)21-11-19(14-26)12-22(20-7-8-20)23(21)13-25(30)28-31(27)24-9-6-18(10-17(24)3)15-29(4)5/h6,9-12,16,20H,7-8,13,15H2,1-5H3,(H2,27,28,30). The van der Waals surface area contributed by atoms with Gasteiger partial charge in [-0.25, -0.2) is 0 Å². The predicted octanol–water partition coefficient (Wildman–Crippen LogP) is 4.73. The molecule has 0 aliphatic heterocycles. The van der Waals surface area contributed by atoms with Gasteiger partial charge in [-0.05, 0) is 91.7 Å². The summed E-state index contributed by atoms with van der Waals surface area (Å²) in [5, 5.41) is 15.8. The molecule has 0 radical (unpaired) electrons. The van der Waals surface area contributed by atoms with E-state index in [2.05, 4.69) is 41.3 Å². The van der Waals surface area contributed by atoms with Gasteiger partial charge in [-0.15, -0.1) is 0 Å². The smallest absolute Gasteiger partial charge is 0.257 e. The van der Waals surface area contributed by atoms with Crippen LogP contribution < -0.4 is 5.14 Å². The number of carbonyl (C=O) groups is 1. The van der Waals surface area contributed by atoms with Crippen molar-refractivity contribution in [1.29, 1.82) is 5.26 Å². The predicted molar refractivity (Wildman–Crippen MR) is 127 cm³/mol. The first-order valence-corrected chi connectivity index (χ1v) is 12.0. The Morgan fingerprint density at radius 2 is 2.00 bits per heavy atom. The molecule has 0 heterocycles. The number of aryl methyl sites for hydroxylation is 1. The topological polar surface area (TPSA) is 82.5 Å². The van der Waals surface area contributed by atoms with Crippen LogP contribution in [0.4, 0.5) is 0 Å². The lowest BCUT2D eigenvalue weighted by molar-refractivity contribution is -0.117. The van der Waals surface area contributed by atoms with Crippen molar-refractivity contribution < 1.29 is 4.79 Å². The fourth-order valence-electron chi connectivity index (χ4n) is 4.01. The van der Waals surface area contributed by atoms with Gasteiger partial charge in [0, 0.05) is 22.3 Å². The van der Waals surface area contributed by atoms with Gasteiger partial charge in [-0.3, -0.25) is 9.93 Å². The third kappa shape index (κ3) is 5.88. The Balaban J connectivity index is 1.88. The zero-order valence-electron chi connectivity index (χ0n) is 19.1. The second-order valence-corrected chi connectivity index (χ2v) is 10.2. The summed E-state index contributed by atoms with van der Waals surface area (Å²) in [6, 6.07) is 12.3. The number of benzene rings is 2. The molecule has 164 valence electrons. The Morgan fingerprint density at radius 3 is 2.55 bits per heavy atom. The molecule has 6 heteroatoms. The molecule has 0 saturated heterocycles. The van der Waals surface area contributed by atoms with E-state index < -0.39 is 10.9 Å². The molecule has 2 aromatic rings. The second kappa shape index (κ2) is 9.86. The SMILES string of the molecule is Cc1cc(CN(C)C)ccc1S(N)=NC(=O)Cc1c(C(C)C)cc(C#N)cc1C1CC1. The Kier molecular flexibility index (Phi) is 7.42. The lowest BCUT2D eigenvalue weighted by atomic mass is 9.87. The summed E-state index contributed by atoms with van der Waals surface area (Å²) in [6.45, 7) is 7.08. The lowest BCUT2D eigenvalue weighted by Gasteiger charge is -2.17. The number of rotatable bonds is 7. The van der Waals surface area contributed by atoms with Gasteiger partial charge in [0.15, 0.2) is 0 Å². The summed E-state index contributed by atoms with van der Waals surface area (Å²) < 4.78 is 4.35. The molecule has 0 bridgehead atoms. The second-order valence-electron chi connectivity index (χ2n) is 8.99. The van der Waals surface area contributed by atoms with Gasteiger partial charge >= 0.3 is 0 Å². The summed E-state index contributed by atoms with van der Waals surface area (Å²) in [4.78, 5) is 16.0. The van der Waals surface area contributed by atoms with Crippen LogP contribution in [-0.4, -0.2) is 24.9 Å². The van der Waals surface area contributed by atoms with E-state index in [0.717, 1.165) is 46.5 Å². The molecule has 5 nitrogen and oxygen atoms in total. The number of carbonyl (C=O) groups excluding carboxylic acids is 1. The molecule has 1 unspecified atom stereocenters. The van der Waals surface area contributed by atoms with Crippen LogP contribution in [0.2, 0.25) is 0 Å². The highest BCUT2D eigenvalue weighted by Crippen LogP contribution is 2.44. The van der Waals surface area contributed by atoms with E-state index in [0.29, 0.717) is 11.5 Å². The van der Waals surface area contributed by atoms with Gasteiger partial charge in [0.05, 0.1) is 18.1 Å². The number of nitriles is 1. The Hall–Kier alpha value is -2.33. The highest BCUT2D eigenvalue weighted by atomic mass is 32.2. The fourth-order valence-corrected chi connectivity index (χ4v) is 4.99. The normalized spacial score (nSPS) is 14.8. The van der Waals surface area contributed by atoms with E-state index in [9.17, 15) is 10.1 Å². The molecule has 1 aliphatic carbocycles. The Labute approximate surface area is 188 Å². The van der Waals surface area contributed by atoms with E-state index in [4.69, 9.17) is 5.14 Å². The molecule has 3 rings (SSSR count). The third-order valence-corrected chi connectivity index (χ3v) is 6.89. The zero-order valence-corrected chi connectivity index (χ0v) is 19.9. The molecule has 31 heavy (non-hydrogen) atoms. The minimum atomic E-state index is -0.985. The molecular formula is C25H32N4OS. The van der Waals surface area contributed by atoms with Crippen molar-refractivity contribution in [2.45, 2.75) is 63.3 Å². The molecule has 2 aromatic carbocycles. The van der Waals surface area contributed by atoms with Crippen LogP contribution in [0.3, 0.4) is 0 Å². The summed E-state index contributed by atoms with van der Waals surface area (Å²) in [6.07, 6.45) is 2.47. The van der Waals surface area contributed by atoms with Crippen LogP contribution in [0.5, 0.6) is 0 Å².